The molecule has 0 saturated carbocycles. The average Bonchev–Trinajstić information content (AvgIpc) is 2.94. The van der Waals surface area contributed by atoms with Crippen molar-refractivity contribution in [3.63, 3.8) is 0 Å². The van der Waals surface area contributed by atoms with E-state index in [4.69, 9.17) is 0 Å². The zero-order valence-electron chi connectivity index (χ0n) is 15.7. The molecule has 0 aromatic heterocycles. The van der Waals surface area contributed by atoms with Gasteiger partial charge in [0.1, 0.15) is 5.75 Å². The van der Waals surface area contributed by atoms with Crippen molar-refractivity contribution < 1.29 is 22.7 Å². The molecule has 0 fully saturated rings. The molecule has 4 nitrogen and oxygen atoms in total. The monoisotopic (exact) mass is 400 g/mol. The molecule has 29 heavy (non-hydrogen) atoms. The third-order valence-corrected chi connectivity index (χ3v) is 4.31. The van der Waals surface area contributed by atoms with Crippen LogP contribution in [0.1, 0.15) is 35.7 Å². The Bertz CT molecular complexity index is 974. The molecule has 1 heterocycles. The molecule has 3 rings (SSSR count). The summed E-state index contributed by atoms with van der Waals surface area (Å²) in [5.41, 5.74) is 3.81. The number of carbonyl (C=O) groups is 1. The maximum Gasteiger partial charge on any atom is 0.573 e. The van der Waals surface area contributed by atoms with E-state index in [1.807, 2.05) is 12.3 Å². The average molecular weight is 400 g/mol. The van der Waals surface area contributed by atoms with Crippen LogP contribution in [0.3, 0.4) is 0 Å². The largest absolute Gasteiger partial charge is 0.573 e. The van der Waals surface area contributed by atoms with Crippen LogP contribution in [0.25, 0.3) is 5.57 Å². The van der Waals surface area contributed by atoms with E-state index in [-0.39, 0.29) is 11.7 Å². The van der Waals surface area contributed by atoms with Crippen molar-refractivity contribution in [2.24, 2.45) is 4.99 Å². The molecule has 0 spiro atoms. The maximum absolute atomic E-state index is 12.5. The summed E-state index contributed by atoms with van der Waals surface area (Å²) in [4.78, 5) is 16.9. The first-order valence-electron chi connectivity index (χ1n) is 9.03. The molecular formula is C22H19F3N2O2. The molecule has 1 amide bonds. The van der Waals surface area contributed by atoms with Crippen molar-refractivity contribution in [3.05, 3.63) is 77.5 Å². The molecule has 2 aromatic carbocycles. The lowest BCUT2D eigenvalue weighted by atomic mass is 10.0. The van der Waals surface area contributed by atoms with Gasteiger partial charge >= 0.3 is 6.36 Å². The summed E-state index contributed by atoms with van der Waals surface area (Å²) >= 11 is 0. The van der Waals surface area contributed by atoms with Gasteiger partial charge in [-0.25, -0.2) is 0 Å². The van der Waals surface area contributed by atoms with Crippen LogP contribution in [0.4, 0.5) is 18.9 Å². The van der Waals surface area contributed by atoms with Gasteiger partial charge in [-0.2, -0.15) is 0 Å². The van der Waals surface area contributed by atoms with Crippen molar-refractivity contribution >= 4 is 23.4 Å². The fourth-order valence-electron chi connectivity index (χ4n) is 2.78. The van der Waals surface area contributed by atoms with Crippen LogP contribution in [0.5, 0.6) is 5.75 Å². The number of hydrogen-bond acceptors (Lipinski definition) is 3. The number of allylic oxidation sites excluding steroid dienone is 3. The number of amides is 1. The Balaban J connectivity index is 1.71. The summed E-state index contributed by atoms with van der Waals surface area (Å²) in [5.74, 6) is -0.716. The second-order valence-corrected chi connectivity index (χ2v) is 6.39. The van der Waals surface area contributed by atoms with E-state index in [1.54, 1.807) is 24.4 Å². The van der Waals surface area contributed by atoms with Gasteiger partial charge in [-0.15, -0.1) is 13.2 Å². The number of benzene rings is 2. The minimum Gasteiger partial charge on any atom is -0.406 e. The SMILES string of the molecule is CCC1=CN=CC(c2cccc(C(=O)Nc3ccc(OC(F)(F)F)cc3)c2)=CC1. The Morgan fingerprint density at radius 2 is 1.93 bits per heavy atom. The highest BCUT2D eigenvalue weighted by molar-refractivity contribution is 6.11. The van der Waals surface area contributed by atoms with Crippen LogP contribution in [0.2, 0.25) is 0 Å². The highest BCUT2D eigenvalue weighted by atomic mass is 19.4. The van der Waals surface area contributed by atoms with Gasteiger partial charge in [-0.05, 0) is 65.9 Å². The zero-order valence-corrected chi connectivity index (χ0v) is 15.7. The second-order valence-electron chi connectivity index (χ2n) is 6.39. The first kappa shape index (κ1) is 20.4. The molecule has 1 aliphatic heterocycles. The maximum atomic E-state index is 12.5. The van der Waals surface area contributed by atoms with Crippen molar-refractivity contribution in [1.82, 2.24) is 0 Å². The van der Waals surface area contributed by atoms with Crippen LogP contribution in [-0.2, 0) is 0 Å². The van der Waals surface area contributed by atoms with Gasteiger partial charge < -0.3 is 10.1 Å². The predicted molar refractivity (Wildman–Crippen MR) is 107 cm³/mol. The predicted octanol–water partition coefficient (Wildman–Crippen LogP) is 5.99. The molecule has 1 aliphatic rings. The lowest BCUT2D eigenvalue weighted by molar-refractivity contribution is -0.274. The summed E-state index contributed by atoms with van der Waals surface area (Å²) in [6.07, 6.45) is 2.66. The lowest BCUT2D eigenvalue weighted by Crippen LogP contribution is -2.17. The van der Waals surface area contributed by atoms with Crippen LogP contribution >= 0.6 is 0 Å². The Kier molecular flexibility index (Phi) is 6.16. The molecule has 0 atom stereocenters. The Morgan fingerprint density at radius 1 is 1.17 bits per heavy atom. The quantitative estimate of drug-likeness (QED) is 0.670. The number of hydrogen-bond donors (Lipinski definition) is 1. The molecule has 0 saturated heterocycles. The van der Waals surface area contributed by atoms with Crippen LogP contribution in [-0.4, -0.2) is 18.5 Å². The highest BCUT2D eigenvalue weighted by Gasteiger charge is 2.30. The lowest BCUT2D eigenvalue weighted by Gasteiger charge is -2.10. The van der Waals surface area contributed by atoms with E-state index in [9.17, 15) is 18.0 Å². The van der Waals surface area contributed by atoms with Gasteiger partial charge in [-0.3, -0.25) is 9.79 Å². The van der Waals surface area contributed by atoms with Crippen molar-refractivity contribution in [2.75, 3.05) is 5.32 Å². The first-order chi connectivity index (χ1) is 13.8. The fourth-order valence-corrected chi connectivity index (χ4v) is 2.78. The van der Waals surface area contributed by atoms with Crippen molar-refractivity contribution in [1.29, 1.82) is 0 Å². The topological polar surface area (TPSA) is 50.7 Å². The van der Waals surface area contributed by atoms with Gasteiger partial charge in [-0.1, -0.05) is 25.1 Å². The van der Waals surface area contributed by atoms with E-state index < -0.39 is 6.36 Å². The smallest absolute Gasteiger partial charge is 0.406 e. The molecule has 150 valence electrons. The molecule has 2 aromatic rings. The summed E-state index contributed by atoms with van der Waals surface area (Å²) in [5, 5.41) is 2.67. The van der Waals surface area contributed by atoms with Crippen molar-refractivity contribution in [3.8, 4) is 5.75 Å². The van der Waals surface area contributed by atoms with Gasteiger partial charge in [0.2, 0.25) is 0 Å². The highest BCUT2D eigenvalue weighted by Crippen LogP contribution is 2.25. The third-order valence-electron chi connectivity index (χ3n) is 4.31. The van der Waals surface area contributed by atoms with Crippen LogP contribution in [0, 0.1) is 0 Å². The van der Waals surface area contributed by atoms with E-state index in [0.717, 1.165) is 36.1 Å². The number of aliphatic imine (C=N–C) groups is 1. The molecule has 0 radical (unpaired) electrons. The van der Waals surface area contributed by atoms with E-state index >= 15 is 0 Å². The van der Waals surface area contributed by atoms with Gasteiger partial charge in [0.15, 0.2) is 0 Å². The molecule has 0 aliphatic carbocycles. The number of halogens is 3. The van der Waals surface area contributed by atoms with Gasteiger partial charge in [0.05, 0.1) is 0 Å². The number of ether oxygens (including phenoxy) is 1. The molecule has 0 unspecified atom stereocenters. The molecular weight excluding hydrogens is 381 g/mol. The normalized spacial score (nSPS) is 13.9. The molecule has 0 bridgehead atoms. The summed E-state index contributed by atoms with van der Waals surface area (Å²) in [6, 6.07) is 12.1. The second kappa shape index (κ2) is 8.77. The standard InChI is InChI=1S/C22H19F3N2O2/c1-2-15-6-7-18(14-26-13-15)16-4-3-5-17(12-16)21(28)27-19-8-10-20(11-9-19)29-22(23,24)25/h3-5,7-14H,2,6H2,1H3,(H,27,28). The Morgan fingerprint density at radius 3 is 2.62 bits per heavy atom. The zero-order chi connectivity index (χ0) is 20.9. The number of rotatable bonds is 5. The summed E-state index contributed by atoms with van der Waals surface area (Å²) < 4.78 is 40.5. The third kappa shape index (κ3) is 5.81. The Labute approximate surface area is 166 Å². The summed E-state index contributed by atoms with van der Waals surface area (Å²) in [6.45, 7) is 2.08. The van der Waals surface area contributed by atoms with E-state index in [0.29, 0.717) is 11.3 Å². The van der Waals surface area contributed by atoms with Crippen molar-refractivity contribution in [2.45, 2.75) is 26.1 Å². The molecule has 7 heteroatoms. The van der Waals surface area contributed by atoms with E-state index in [2.05, 4.69) is 28.0 Å². The number of nitrogens with zero attached hydrogens (tertiary/aromatic N) is 1. The van der Waals surface area contributed by atoms with Gasteiger partial charge in [0.25, 0.3) is 5.91 Å². The van der Waals surface area contributed by atoms with Crippen LogP contribution in [0.15, 0.2) is 71.4 Å². The number of anilines is 1. The fraction of sp³-hybridized carbons (Fsp3) is 0.182. The number of nitrogens with one attached hydrogen (secondary N) is 1. The van der Waals surface area contributed by atoms with E-state index in [1.165, 1.54) is 17.7 Å². The van der Waals surface area contributed by atoms with Gasteiger partial charge in [0, 0.05) is 23.7 Å². The minimum atomic E-state index is -4.76. The number of carbonyl (C=O) groups excluding carboxylic acids is 1. The van der Waals surface area contributed by atoms with Crippen LogP contribution < -0.4 is 10.1 Å². The first-order valence-corrected chi connectivity index (χ1v) is 9.03. The number of alkyl halides is 3. The molecule has 1 N–H and O–H groups in total. The summed E-state index contributed by atoms with van der Waals surface area (Å²) in [7, 11) is 0. The Hall–Kier alpha value is -3.35. The minimum absolute atomic E-state index is 0.350.